The molecule has 16 heavy (non-hydrogen) atoms. The summed E-state index contributed by atoms with van der Waals surface area (Å²) in [6.45, 7) is 8.95. The fourth-order valence-electron chi connectivity index (χ4n) is 2.02. The Morgan fingerprint density at radius 1 is 1.25 bits per heavy atom. The molecule has 3 N–H and O–H groups in total. The smallest absolute Gasteiger partial charge is 0.0276 e. The third kappa shape index (κ3) is 4.07. The molecule has 1 saturated carbocycles. The number of hydrogen-bond acceptors (Lipinski definition) is 2. The fraction of sp³-hybridized carbons (Fsp3) is 0.857. The Labute approximate surface area is 101 Å². The largest absolute Gasteiger partial charge is 0.401 e. The Morgan fingerprint density at radius 2 is 1.81 bits per heavy atom. The first kappa shape index (κ1) is 13.4. The maximum atomic E-state index is 6.14. The van der Waals surface area contributed by atoms with Crippen molar-refractivity contribution >= 4 is 0 Å². The summed E-state index contributed by atoms with van der Waals surface area (Å²) in [6.07, 6.45) is 8.66. The normalized spacial score (nSPS) is 21.9. The summed E-state index contributed by atoms with van der Waals surface area (Å²) < 4.78 is 0. The van der Waals surface area contributed by atoms with E-state index < -0.39 is 0 Å². The maximum Gasteiger partial charge on any atom is 0.0276 e. The Morgan fingerprint density at radius 3 is 2.31 bits per heavy atom. The highest BCUT2D eigenvalue weighted by atomic mass is 14.9. The Kier molecular flexibility index (Phi) is 4.69. The molecule has 0 aromatic rings. The lowest BCUT2D eigenvalue weighted by atomic mass is 9.86. The third-order valence-electron chi connectivity index (χ3n) is 3.88. The monoisotopic (exact) mass is 224 g/mol. The molecule has 0 saturated heterocycles. The second-order valence-corrected chi connectivity index (χ2v) is 6.23. The molecule has 0 aromatic carbocycles. The number of nitrogens with two attached hydrogens (primary N) is 1. The molecule has 94 valence electrons. The number of rotatable bonds is 3. The predicted molar refractivity (Wildman–Crippen MR) is 70.9 cm³/mol. The zero-order chi connectivity index (χ0) is 12.2. The molecule has 0 amide bonds. The summed E-state index contributed by atoms with van der Waals surface area (Å²) in [7, 11) is 0. The summed E-state index contributed by atoms with van der Waals surface area (Å²) >= 11 is 0. The van der Waals surface area contributed by atoms with Crippen molar-refractivity contribution in [3.05, 3.63) is 11.9 Å². The van der Waals surface area contributed by atoms with E-state index in [1.165, 1.54) is 32.1 Å². The van der Waals surface area contributed by atoms with Crippen LogP contribution in [0.1, 0.15) is 59.8 Å². The van der Waals surface area contributed by atoms with Gasteiger partial charge in [-0.2, -0.15) is 0 Å². The second-order valence-electron chi connectivity index (χ2n) is 6.23. The van der Waals surface area contributed by atoms with Gasteiger partial charge in [0.15, 0.2) is 0 Å². The van der Waals surface area contributed by atoms with E-state index >= 15 is 0 Å². The average Bonchev–Trinajstić information content (AvgIpc) is 2.25. The van der Waals surface area contributed by atoms with Crippen LogP contribution >= 0.6 is 0 Å². The van der Waals surface area contributed by atoms with Crippen molar-refractivity contribution < 1.29 is 0 Å². The van der Waals surface area contributed by atoms with Crippen molar-refractivity contribution in [1.29, 1.82) is 0 Å². The standard InChI is InChI=1S/C14H28N2/c1-11(14(2,3)4)16-10-13(15)12-8-6-5-7-9-12/h10-12,16H,5-9,15H2,1-4H3/b13-10-. The minimum Gasteiger partial charge on any atom is -0.401 e. The Bertz CT molecular complexity index is 232. The summed E-state index contributed by atoms with van der Waals surface area (Å²) in [5.74, 6) is 0.619. The maximum absolute atomic E-state index is 6.14. The predicted octanol–water partition coefficient (Wildman–Crippen LogP) is 3.39. The van der Waals surface area contributed by atoms with Gasteiger partial charge in [-0.25, -0.2) is 0 Å². The highest BCUT2D eigenvalue weighted by Gasteiger charge is 2.19. The van der Waals surface area contributed by atoms with E-state index in [1.807, 2.05) is 6.20 Å². The van der Waals surface area contributed by atoms with Gasteiger partial charge >= 0.3 is 0 Å². The van der Waals surface area contributed by atoms with Crippen LogP contribution in [0.2, 0.25) is 0 Å². The molecule has 1 aliphatic rings. The van der Waals surface area contributed by atoms with Gasteiger partial charge in [-0.15, -0.1) is 0 Å². The lowest BCUT2D eigenvalue weighted by molar-refractivity contribution is 0.306. The van der Waals surface area contributed by atoms with Gasteiger partial charge in [0.2, 0.25) is 0 Å². The van der Waals surface area contributed by atoms with Gasteiger partial charge in [0.1, 0.15) is 0 Å². The number of hydrogen-bond donors (Lipinski definition) is 2. The van der Waals surface area contributed by atoms with Gasteiger partial charge in [0.05, 0.1) is 0 Å². The summed E-state index contributed by atoms with van der Waals surface area (Å²) in [6, 6.07) is 0.453. The molecule has 2 nitrogen and oxygen atoms in total. The zero-order valence-electron chi connectivity index (χ0n) is 11.3. The number of nitrogens with one attached hydrogen (secondary N) is 1. The van der Waals surface area contributed by atoms with Gasteiger partial charge < -0.3 is 11.1 Å². The van der Waals surface area contributed by atoms with E-state index in [9.17, 15) is 0 Å². The van der Waals surface area contributed by atoms with Crippen LogP contribution in [0, 0.1) is 11.3 Å². The summed E-state index contributed by atoms with van der Waals surface area (Å²) in [5.41, 5.74) is 7.47. The zero-order valence-corrected chi connectivity index (χ0v) is 11.3. The van der Waals surface area contributed by atoms with Crippen LogP contribution in [-0.4, -0.2) is 6.04 Å². The van der Waals surface area contributed by atoms with Gasteiger partial charge in [0, 0.05) is 17.9 Å². The van der Waals surface area contributed by atoms with Gasteiger partial charge in [-0.05, 0) is 31.1 Å². The van der Waals surface area contributed by atoms with Crippen LogP contribution in [0.4, 0.5) is 0 Å². The number of allylic oxidation sites excluding steroid dienone is 1. The van der Waals surface area contributed by atoms with E-state index in [1.54, 1.807) is 0 Å². The first-order valence-corrected chi connectivity index (χ1v) is 6.63. The summed E-state index contributed by atoms with van der Waals surface area (Å²) in [4.78, 5) is 0. The molecule has 0 aliphatic heterocycles. The van der Waals surface area contributed by atoms with E-state index in [2.05, 4.69) is 33.0 Å². The molecule has 1 rings (SSSR count). The van der Waals surface area contributed by atoms with E-state index in [4.69, 9.17) is 5.73 Å². The van der Waals surface area contributed by atoms with Gasteiger partial charge in [0.25, 0.3) is 0 Å². The highest BCUT2D eigenvalue weighted by Crippen LogP contribution is 2.27. The van der Waals surface area contributed by atoms with Crippen molar-refractivity contribution in [2.75, 3.05) is 0 Å². The van der Waals surface area contributed by atoms with Crippen molar-refractivity contribution in [1.82, 2.24) is 5.32 Å². The molecule has 1 atom stereocenters. The van der Waals surface area contributed by atoms with Gasteiger partial charge in [-0.3, -0.25) is 0 Å². The molecular weight excluding hydrogens is 196 g/mol. The van der Waals surface area contributed by atoms with Crippen LogP contribution in [0.3, 0.4) is 0 Å². The topological polar surface area (TPSA) is 38.0 Å². The minimum atomic E-state index is 0.281. The Hall–Kier alpha value is -0.660. The molecular formula is C14H28N2. The average molecular weight is 224 g/mol. The third-order valence-corrected chi connectivity index (χ3v) is 3.88. The van der Waals surface area contributed by atoms with Crippen LogP contribution < -0.4 is 11.1 Å². The van der Waals surface area contributed by atoms with Crippen molar-refractivity contribution in [2.45, 2.75) is 65.8 Å². The molecule has 2 heteroatoms. The van der Waals surface area contributed by atoms with E-state index in [-0.39, 0.29) is 5.41 Å². The summed E-state index contributed by atoms with van der Waals surface area (Å²) in [5, 5.41) is 3.43. The molecule has 0 radical (unpaired) electrons. The quantitative estimate of drug-likeness (QED) is 0.771. The molecule has 0 bridgehead atoms. The molecule has 0 aromatic heterocycles. The van der Waals surface area contributed by atoms with E-state index in [0.29, 0.717) is 12.0 Å². The molecule has 0 spiro atoms. The second kappa shape index (κ2) is 5.60. The van der Waals surface area contributed by atoms with Crippen LogP contribution in [0.15, 0.2) is 11.9 Å². The van der Waals surface area contributed by atoms with Crippen LogP contribution in [0.5, 0.6) is 0 Å². The first-order chi connectivity index (χ1) is 7.41. The molecule has 1 aliphatic carbocycles. The lowest BCUT2D eigenvalue weighted by Gasteiger charge is -2.28. The Balaban J connectivity index is 2.43. The van der Waals surface area contributed by atoms with Crippen LogP contribution in [0.25, 0.3) is 0 Å². The molecule has 0 heterocycles. The fourth-order valence-corrected chi connectivity index (χ4v) is 2.02. The van der Waals surface area contributed by atoms with Crippen LogP contribution in [-0.2, 0) is 0 Å². The minimum absolute atomic E-state index is 0.281. The SMILES string of the molecule is CC(N/C=C(\N)C1CCCCC1)C(C)(C)C. The van der Waals surface area contributed by atoms with Crippen molar-refractivity contribution in [3.63, 3.8) is 0 Å². The van der Waals surface area contributed by atoms with Gasteiger partial charge in [-0.1, -0.05) is 40.0 Å². The first-order valence-electron chi connectivity index (χ1n) is 6.63. The highest BCUT2D eigenvalue weighted by molar-refractivity contribution is 5.03. The lowest BCUT2D eigenvalue weighted by Crippen LogP contribution is -2.35. The van der Waals surface area contributed by atoms with Crippen molar-refractivity contribution in [2.24, 2.45) is 17.1 Å². The molecule has 1 unspecified atom stereocenters. The molecule has 1 fully saturated rings. The van der Waals surface area contributed by atoms with Crippen molar-refractivity contribution in [3.8, 4) is 0 Å². The van der Waals surface area contributed by atoms with E-state index in [0.717, 1.165) is 5.70 Å².